The molecular weight excluding hydrogens is 180 g/mol. The van der Waals surface area contributed by atoms with Gasteiger partial charge in [-0.05, 0) is 12.1 Å². The lowest BCUT2D eigenvalue weighted by Crippen LogP contribution is -1.85. The summed E-state index contributed by atoms with van der Waals surface area (Å²) in [7, 11) is -2.55. The molecule has 0 aromatic heterocycles. The zero-order valence-corrected chi connectivity index (χ0v) is 6.75. The Bertz CT molecular complexity index is 416. The number of nitrogens with zero attached hydrogens (tertiary/aromatic N) is 1. The van der Waals surface area contributed by atoms with Crippen molar-refractivity contribution in [2.75, 3.05) is 5.73 Å². The highest BCUT2D eigenvalue weighted by atomic mass is 32.2. The smallest absolute Gasteiger partial charge is 0.316 e. The van der Waals surface area contributed by atoms with E-state index in [1.54, 1.807) is 0 Å². The van der Waals surface area contributed by atoms with E-state index in [-0.39, 0.29) is 17.1 Å². The van der Waals surface area contributed by atoms with Gasteiger partial charge in [0, 0.05) is 0 Å². The molecule has 0 saturated heterocycles. The molecule has 0 fully saturated rings. The Morgan fingerprint density at radius 3 is 2.67 bits per heavy atom. The van der Waals surface area contributed by atoms with E-state index >= 15 is 0 Å². The predicted octanol–water partition coefficient (Wildman–Crippen LogP) is 0.669. The molecule has 0 aliphatic carbocycles. The van der Waals surface area contributed by atoms with Crippen LogP contribution < -0.4 is 5.73 Å². The largest absolute Gasteiger partial charge is 0.506 e. The molecule has 0 aliphatic rings. The molecule has 1 aromatic carbocycles. The van der Waals surface area contributed by atoms with Crippen molar-refractivity contribution in [3.63, 3.8) is 0 Å². The minimum Gasteiger partial charge on any atom is -0.506 e. The van der Waals surface area contributed by atoms with E-state index in [1.165, 1.54) is 18.2 Å². The van der Waals surface area contributed by atoms with E-state index < -0.39 is 10.5 Å². The fraction of sp³-hybridized carbons (Fsp3) is 0. The van der Waals surface area contributed by atoms with Crippen molar-refractivity contribution in [3.8, 4) is 5.75 Å². The maximum atomic E-state index is 10.1. The van der Waals surface area contributed by atoms with Gasteiger partial charge in [0.2, 0.25) is 0 Å². The van der Waals surface area contributed by atoms with Crippen LogP contribution in [0.25, 0.3) is 0 Å². The van der Waals surface area contributed by atoms with Crippen molar-refractivity contribution in [2.24, 2.45) is 4.36 Å². The lowest BCUT2D eigenvalue weighted by molar-refractivity contribution is 0.478. The number of nitrogens with two attached hydrogens (primary N) is 1. The molecular formula is C6H6N2O3S. The number of nitrogen functional groups attached to an aromatic ring is 1. The van der Waals surface area contributed by atoms with Crippen molar-refractivity contribution < 1.29 is 13.5 Å². The van der Waals surface area contributed by atoms with Crippen LogP contribution in [0.2, 0.25) is 0 Å². The van der Waals surface area contributed by atoms with Gasteiger partial charge in [-0.1, -0.05) is 6.07 Å². The molecule has 0 atom stereocenters. The third kappa shape index (κ3) is 1.73. The molecule has 0 heterocycles. The zero-order chi connectivity index (χ0) is 9.14. The third-order valence-corrected chi connectivity index (χ3v) is 1.58. The van der Waals surface area contributed by atoms with Crippen LogP contribution in [0.1, 0.15) is 0 Å². The van der Waals surface area contributed by atoms with Gasteiger partial charge in [-0.15, -0.1) is 4.36 Å². The second kappa shape index (κ2) is 3.22. The van der Waals surface area contributed by atoms with Crippen molar-refractivity contribution in [1.82, 2.24) is 0 Å². The van der Waals surface area contributed by atoms with Gasteiger partial charge in [-0.3, -0.25) is 0 Å². The molecule has 0 saturated carbocycles. The van der Waals surface area contributed by atoms with Crippen LogP contribution in [0.3, 0.4) is 0 Å². The van der Waals surface area contributed by atoms with Crippen molar-refractivity contribution in [2.45, 2.75) is 0 Å². The second-order valence-corrected chi connectivity index (χ2v) is 2.64. The Hall–Kier alpha value is -1.56. The fourth-order valence-electron chi connectivity index (χ4n) is 0.701. The maximum Gasteiger partial charge on any atom is 0.316 e. The van der Waals surface area contributed by atoms with Gasteiger partial charge in [0.15, 0.2) is 0 Å². The molecule has 0 aliphatic heterocycles. The Morgan fingerprint density at radius 1 is 1.42 bits per heavy atom. The Labute approximate surface area is 70.2 Å². The molecule has 3 N–H and O–H groups in total. The lowest BCUT2D eigenvalue weighted by atomic mass is 10.2. The highest BCUT2D eigenvalue weighted by Gasteiger charge is 2.01. The number of phenols is 1. The van der Waals surface area contributed by atoms with Crippen molar-refractivity contribution in [1.29, 1.82) is 0 Å². The number of benzene rings is 1. The van der Waals surface area contributed by atoms with Gasteiger partial charge in [0.25, 0.3) is 0 Å². The van der Waals surface area contributed by atoms with Crippen LogP contribution in [0.5, 0.6) is 5.75 Å². The molecule has 1 aromatic rings. The summed E-state index contributed by atoms with van der Waals surface area (Å²) in [6.07, 6.45) is 0. The van der Waals surface area contributed by atoms with Gasteiger partial charge in [0.1, 0.15) is 17.1 Å². The molecule has 0 amide bonds. The summed E-state index contributed by atoms with van der Waals surface area (Å²) in [6, 6.07) is 4.20. The molecule has 6 heteroatoms. The topological polar surface area (TPSA) is 92.8 Å². The number of phenolic OH excluding ortho intramolecular Hbond substituents is 1. The number of para-hydroxylation sites is 1. The first-order valence-corrected chi connectivity index (χ1v) is 4.03. The lowest BCUT2D eigenvalue weighted by Gasteiger charge is -1.98. The normalized spacial score (nSPS) is 9.33. The van der Waals surface area contributed by atoms with E-state index in [9.17, 15) is 8.42 Å². The van der Waals surface area contributed by atoms with Crippen LogP contribution >= 0.6 is 0 Å². The minimum absolute atomic E-state index is 0.0401. The quantitative estimate of drug-likeness (QED) is 0.498. The van der Waals surface area contributed by atoms with E-state index in [0.29, 0.717) is 0 Å². The van der Waals surface area contributed by atoms with Crippen LogP contribution in [0, 0.1) is 0 Å². The number of hydrogen-bond donors (Lipinski definition) is 2. The summed E-state index contributed by atoms with van der Waals surface area (Å²) < 4.78 is 23.4. The molecule has 12 heavy (non-hydrogen) atoms. The molecule has 0 unspecified atom stereocenters. The van der Waals surface area contributed by atoms with Crippen molar-refractivity contribution >= 4 is 21.9 Å². The number of hydrogen-bond acceptors (Lipinski definition) is 5. The van der Waals surface area contributed by atoms with Gasteiger partial charge in [-0.25, -0.2) is 0 Å². The van der Waals surface area contributed by atoms with E-state index in [4.69, 9.17) is 10.8 Å². The first-order valence-electron chi connectivity index (χ1n) is 3.00. The molecule has 5 nitrogen and oxygen atoms in total. The Balaban J connectivity index is 3.36. The zero-order valence-electron chi connectivity index (χ0n) is 5.93. The Kier molecular flexibility index (Phi) is 2.29. The summed E-state index contributed by atoms with van der Waals surface area (Å²) in [6.45, 7) is 0. The SMILES string of the molecule is Nc1c(O)cccc1N=S(=O)=O. The highest BCUT2D eigenvalue weighted by Crippen LogP contribution is 2.29. The summed E-state index contributed by atoms with van der Waals surface area (Å²) in [5.74, 6) is -0.179. The summed E-state index contributed by atoms with van der Waals surface area (Å²) in [5.41, 5.74) is 5.32. The van der Waals surface area contributed by atoms with Crippen molar-refractivity contribution in [3.05, 3.63) is 18.2 Å². The maximum absolute atomic E-state index is 10.1. The molecule has 0 radical (unpaired) electrons. The van der Waals surface area contributed by atoms with Gasteiger partial charge >= 0.3 is 10.5 Å². The average Bonchev–Trinajstić information content (AvgIpc) is 1.98. The van der Waals surface area contributed by atoms with E-state index in [1.807, 2.05) is 0 Å². The van der Waals surface area contributed by atoms with Crippen LogP contribution in [-0.4, -0.2) is 13.5 Å². The first-order chi connectivity index (χ1) is 5.61. The Morgan fingerprint density at radius 2 is 2.08 bits per heavy atom. The van der Waals surface area contributed by atoms with E-state index in [2.05, 4.69) is 4.36 Å². The second-order valence-electron chi connectivity index (χ2n) is 2.02. The van der Waals surface area contributed by atoms with Gasteiger partial charge in [-0.2, -0.15) is 8.42 Å². The average molecular weight is 186 g/mol. The number of aromatic hydroxyl groups is 1. The molecule has 1 rings (SSSR count). The minimum atomic E-state index is -2.55. The fourth-order valence-corrected chi connectivity index (χ4v) is 1.02. The van der Waals surface area contributed by atoms with Crippen LogP contribution in [-0.2, 0) is 10.5 Å². The van der Waals surface area contributed by atoms with Gasteiger partial charge in [0.05, 0.1) is 0 Å². The van der Waals surface area contributed by atoms with Crippen LogP contribution in [0.15, 0.2) is 22.6 Å². The highest BCUT2D eigenvalue weighted by molar-refractivity contribution is 7.61. The molecule has 0 spiro atoms. The first kappa shape index (κ1) is 8.54. The molecule has 0 bridgehead atoms. The van der Waals surface area contributed by atoms with Gasteiger partial charge < -0.3 is 10.8 Å². The van der Waals surface area contributed by atoms with Crippen LogP contribution in [0.4, 0.5) is 11.4 Å². The molecule has 64 valence electrons. The van der Waals surface area contributed by atoms with E-state index in [0.717, 1.165) is 0 Å². The number of anilines is 1. The predicted molar refractivity (Wildman–Crippen MR) is 43.5 cm³/mol. The monoisotopic (exact) mass is 186 g/mol. The third-order valence-electron chi connectivity index (χ3n) is 1.23. The summed E-state index contributed by atoms with van der Waals surface area (Å²) in [4.78, 5) is 0. The summed E-state index contributed by atoms with van der Waals surface area (Å²) >= 11 is 0. The number of rotatable bonds is 1. The summed E-state index contributed by atoms with van der Waals surface area (Å²) in [5, 5.41) is 9.03. The standard InChI is InChI=1S/C6H6N2O3S/c7-6-4(8-12(10)11)2-1-3-5(6)9/h1-3,9H,7H2.